The van der Waals surface area contributed by atoms with E-state index in [4.69, 9.17) is 0 Å². The van der Waals surface area contributed by atoms with Crippen molar-refractivity contribution < 1.29 is 9.59 Å². The maximum atomic E-state index is 12.9. The molecule has 2 amide bonds. The first kappa shape index (κ1) is 16.0. The normalized spacial score (nSPS) is 21.0. The Kier molecular flexibility index (Phi) is 4.42. The van der Waals surface area contributed by atoms with E-state index in [2.05, 4.69) is 32.0 Å². The van der Waals surface area contributed by atoms with Crippen molar-refractivity contribution in [3.63, 3.8) is 0 Å². The van der Waals surface area contributed by atoms with Crippen LogP contribution in [0.5, 0.6) is 0 Å². The standard InChI is InChI=1S/C19H26N2O2/c1-4-20-12-16(11-18(20)22)19(23)21-9-5-6-15-10-14(13(2)3)7-8-17(15)21/h7-8,10,13,16H,4-6,9,11-12H2,1-3H3/t16-/m1/s1. The van der Waals surface area contributed by atoms with E-state index < -0.39 is 0 Å². The number of amides is 2. The van der Waals surface area contributed by atoms with E-state index in [0.717, 1.165) is 25.1 Å². The van der Waals surface area contributed by atoms with Gasteiger partial charge in [0.2, 0.25) is 11.8 Å². The Morgan fingerprint density at radius 1 is 1.35 bits per heavy atom. The van der Waals surface area contributed by atoms with Gasteiger partial charge in [-0.15, -0.1) is 0 Å². The third-order valence-corrected chi connectivity index (χ3v) is 5.10. The molecule has 2 heterocycles. The van der Waals surface area contributed by atoms with Gasteiger partial charge in [-0.25, -0.2) is 0 Å². The molecule has 1 saturated heterocycles. The molecule has 2 aliphatic rings. The van der Waals surface area contributed by atoms with Gasteiger partial charge in [-0.2, -0.15) is 0 Å². The van der Waals surface area contributed by atoms with E-state index in [1.807, 2.05) is 11.8 Å². The lowest BCUT2D eigenvalue weighted by Crippen LogP contribution is -2.40. The Morgan fingerprint density at radius 2 is 2.13 bits per heavy atom. The lowest BCUT2D eigenvalue weighted by Gasteiger charge is -2.32. The van der Waals surface area contributed by atoms with E-state index in [1.165, 1.54) is 11.1 Å². The van der Waals surface area contributed by atoms with Gasteiger partial charge in [0.25, 0.3) is 0 Å². The van der Waals surface area contributed by atoms with E-state index in [-0.39, 0.29) is 17.7 Å². The second-order valence-corrected chi connectivity index (χ2v) is 6.97. The number of aryl methyl sites for hydroxylation is 1. The highest BCUT2D eigenvalue weighted by Crippen LogP contribution is 2.32. The molecule has 0 unspecified atom stereocenters. The highest BCUT2D eigenvalue weighted by Gasteiger charge is 2.37. The minimum Gasteiger partial charge on any atom is -0.342 e. The zero-order valence-electron chi connectivity index (χ0n) is 14.3. The van der Waals surface area contributed by atoms with Crippen molar-refractivity contribution in [1.29, 1.82) is 0 Å². The molecule has 0 aromatic heterocycles. The molecule has 3 rings (SSSR count). The zero-order chi connectivity index (χ0) is 16.6. The van der Waals surface area contributed by atoms with Crippen LogP contribution in [0.3, 0.4) is 0 Å². The van der Waals surface area contributed by atoms with Crippen LogP contribution in [-0.2, 0) is 16.0 Å². The van der Waals surface area contributed by atoms with Gasteiger partial charge < -0.3 is 9.80 Å². The quantitative estimate of drug-likeness (QED) is 0.860. The molecule has 2 aliphatic heterocycles. The molecule has 0 aliphatic carbocycles. The van der Waals surface area contributed by atoms with Crippen molar-refractivity contribution in [2.75, 3.05) is 24.5 Å². The third-order valence-electron chi connectivity index (χ3n) is 5.10. The van der Waals surface area contributed by atoms with Crippen LogP contribution < -0.4 is 4.90 Å². The smallest absolute Gasteiger partial charge is 0.232 e. The largest absolute Gasteiger partial charge is 0.342 e. The predicted octanol–water partition coefficient (Wildman–Crippen LogP) is 2.96. The lowest BCUT2D eigenvalue weighted by atomic mass is 9.94. The number of anilines is 1. The van der Waals surface area contributed by atoms with Gasteiger partial charge in [-0.1, -0.05) is 26.0 Å². The molecule has 124 valence electrons. The molecule has 23 heavy (non-hydrogen) atoms. The van der Waals surface area contributed by atoms with Crippen molar-refractivity contribution in [3.8, 4) is 0 Å². The number of rotatable bonds is 3. The number of carbonyl (C=O) groups excluding carboxylic acids is 2. The van der Waals surface area contributed by atoms with Gasteiger partial charge in [0.05, 0.1) is 5.92 Å². The number of nitrogens with zero attached hydrogens (tertiary/aromatic N) is 2. The van der Waals surface area contributed by atoms with Gasteiger partial charge >= 0.3 is 0 Å². The number of hydrogen-bond donors (Lipinski definition) is 0. The molecule has 1 aromatic carbocycles. The average Bonchev–Trinajstić information content (AvgIpc) is 2.94. The highest BCUT2D eigenvalue weighted by molar-refractivity contribution is 5.99. The topological polar surface area (TPSA) is 40.6 Å². The van der Waals surface area contributed by atoms with Gasteiger partial charge in [0.1, 0.15) is 0 Å². The maximum Gasteiger partial charge on any atom is 0.232 e. The van der Waals surface area contributed by atoms with E-state index in [1.54, 1.807) is 4.90 Å². The Morgan fingerprint density at radius 3 is 2.78 bits per heavy atom. The summed E-state index contributed by atoms with van der Waals surface area (Å²) in [5.74, 6) is 0.543. The Balaban J connectivity index is 1.83. The number of likely N-dealkylation sites (tertiary alicyclic amines) is 1. The number of fused-ring (bicyclic) bond motifs is 1. The summed E-state index contributed by atoms with van der Waals surface area (Å²) in [4.78, 5) is 28.6. The molecule has 0 radical (unpaired) electrons. The zero-order valence-corrected chi connectivity index (χ0v) is 14.3. The summed E-state index contributed by atoms with van der Waals surface area (Å²) in [6.45, 7) is 8.38. The van der Waals surface area contributed by atoms with Crippen LogP contribution in [0.4, 0.5) is 5.69 Å². The van der Waals surface area contributed by atoms with Crippen molar-refractivity contribution in [2.45, 2.75) is 46.0 Å². The molecule has 0 bridgehead atoms. The fraction of sp³-hybridized carbons (Fsp3) is 0.579. The SMILES string of the molecule is CCN1C[C@H](C(=O)N2CCCc3cc(C(C)C)ccc32)CC1=O. The van der Waals surface area contributed by atoms with Crippen LogP contribution in [0, 0.1) is 5.92 Å². The van der Waals surface area contributed by atoms with Crippen LogP contribution in [0.1, 0.15) is 50.7 Å². The maximum absolute atomic E-state index is 12.9. The number of carbonyl (C=O) groups is 2. The van der Waals surface area contributed by atoms with Gasteiger partial charge in [0.15, 0.2) is 0 Å². The molecule has 1 atom stereocenters. The number of hydrogen-bond acceptors (Lipinski definition) is 2. The summed E-state index contributed by atoms with van der Waals surface area (Å²) in [7, 11) is 0. The summed E-state index contributed by atoms with van der Waals surface area (Å²) in [6.07, 6.45) is 2.39. The van der Waals surface area contributed by atoms with E-state index in [0.29, 0.717) is 25.4 Å². The van der Waals surface area contributed by atoms with Crippen LogP contribution in [-0.4, -0.2) is 36.3 Å². The summed E-state index contributed by atoms with van der Waals surface area (Å²) >= 11 is 0. The number of benzene rings is 1. The fourth-order valence-corrected chi connectivity index (χ4v) is 3.67. The summed E-state index contributed by atoms with van der Waals surface area (Å²) in [5.41, 5.74) is 3.65. The summed E-state index contributed by atoms with van der Waals surface area (Å²) < 4.78 is 0. The van der Waals surface area contributed by atoms with Crippen LogP contribution >= 0.6 is 0 Å². The molecule has 0 spiro atoms. The molecule has 0 saturated carbocycles. The molecule has 1 aromatic rings. The molecule has 0 N–H and O–H groups in total. The molecular weight excluding hydrogens is 288 g/mol. The Bertz CT molecular complexity index is 624. The van der Waals surface area contributed by atoms with Gasteiger partial charge in [0, 0.05) is 31.7 Å². The summed E-state index contributed by atoms with van der Waals surface area (Å²) in [6, 6.07) is 6.47. The minimum atomic E-state index is -0.182. The van der Waals surface area contributed by atoms with Crippen molar-refractivity contribution in [2.24, 2.45) is 5.92 Å². The monoisotopic (exact) mass is 314 g/mol. The Hall–Kier alpha value is -1.84. The van der Waals surface area contributed by atoms with Crippen molar-refractivity contribution >= 4 is 17.5 Å². The first-order valence-electron chi connectivity index (χ1n) is 8.73. The van der Waals surface area contributed by atoms with E-state index >= 15 is 0 Å². The molecule has 4 heteroatoms. The molecule has 1 fully saturated rings. The lowest BCUT2D eigenvalue weighted by molar-refractivity contribution is -0.128. The Labute approximate surface area is 138 Å². The second kappa shape index (κ2) is 6.34. The van der Waals surface area contributed by atoms with Crippen LogP contribution in [0.15, 0.2) is 18.2 Å². The van der Waals surface area contributed by atoms with Crippen molar-refractivity contribution in [3.05, 3.63) is 29.3 Å². The molecular formula is C19H26N2O2. The van der Waals surface area contributed by atoms with Gasteiger partial charge in [-0.05, 0) is 42.9 Å². The molecule has 4 nitrogen and oxygen atoms in total. The summed E-state index contributed by atoms with van der Waals surface area (Å²) in [5, 5.41) is 0. The average molecular weight is 314 g/mol. The van der Waals surface area contributed by atoms with Crippen LogP contribution in [0.2, 0.25) is 0 Å². The minimum absolute atomic E-state index is 0.109. The van der Waals surface area contributed by atoms with Crippen molar-refractivity contribution in [1.82, 2.24) is 4.90 Å². The highest BCUT2D eigenvalue weighted by atomic mass is 16.2. The van der Waals surface area contributed by atoms with E-state index in [9.17, 15) is 9.59 Å². The first-order valence-corrected chi connectivity index (χ1v) is 8.73. The first-order chi connectivity index (χ1) is 11.0. The fourth-order valence-electron chi connectivity index (χ4n) is 3.67. The van der Waals surface area contributed by atoms with Crippen LogP contribution in [0.25, 0.3) is 0 Å². The third kappa shape index (κ3) is 2.99. The second-order valence-electron chi connectivity index (χ2n) is 6.97. The van der Waals surface area contributed by atoms with Gasteiger partial charge in [-0.3, -0.25) is 9.59 Å². The predicted molar refractivity (Wildman–Crippen MR) is 91.6 cm³/mol.